The lowest BCUT2D eigenvalue weighted by Gasteiger charge is -2.21. The van der Waals surface area contributed by atoms with Gasteiger partial charge in [0.1, 0.15) is 17.9 Å². The molecule has 0 saturated carbocycles. The molecule has 1 heterocycles. The van der Waals surface area contributed by atoms with Gasteiger partial charge in [-0.05, 0) is 43.5 Å². The van der Waals surface area contributed by atoms with Crippen LogP contribution >= 0.6 is 0 Å². The molecular weight excluding hydrogens is 381 g/mol. The molecule has 3 amide bonds. The Hall–Kier alpha value is -2.97. The van der Waals surface area contributed by atoms with Crippen LogP contribution in [0.1, 0.15) is 33.6 Å². The Bertz CT molecular complexity index is 781. The number of carboxylic acid groups (broad SMARTS) is 1. The molecule has 9 heteroatoms. The number of rotatable bonds is 8. The minimum Gasteiger partial charge on any atom is -0.480 e. The zero-order valence-corrected chi connectivity index (χ0v) is 16.6. The van der Waals surface area contributed by atoms with Crippen LogP contribution in [0.15, 0.2) is 24.3 Å². The highest BCUT2D eigenvalue weighted by Crippen LogP contribution is 2.25. The summed E-state index contributed by atoms with van der Waals surface area (Å²) in [6, 6.07) is 3.40. The first-order chi connectivity index (χ1) is 13.6. The fourth-order valence-electron chi connectivity index (χ4n) is 3.14. The van der Waals surface area contributed by atoms with Crippen LogP contribution in [0.25, 0.3) is 0 Å². The van der Waals surface area contributed by atoms with Crippen molar-refractivity contribution in [3.63, 3.8) is 0 Å². The van der Waals surface area contributed by atoms with E-state index in [9.17, 15) is 28.7 Å². The third kappa shape index (κ3) is 6.00. The molecule has 1 aliphatic heterocycles. The molecule has 0 aliphatic carbocycles. The van der Waals surface area contributed by atoms with E-state index >= 15 is 0 Å². The van der Waals surface area contributed by atoms with E-state index in [-0.39, 0.29) is 31.2 Å². The maximum absolute atomic E-state index is 13.1. The summed E-state index contributed by atoms with van der Waals surface area (Å²) in [6.45, 7) is 5.26. The second-order valence-electron chi connectivity index (χ2n) is 7.64. The van der Waals surface area contributed by atoms with E-state index in [4.69, 9.17) is 0 Å². The van der Waals surface area contributed by atoms with Crippen LogP contribution in [0.4, 0.5) is 10.1 Å². The van der Waals surface area contributed by atoms with Crippen molar-refractivity contribution in [2.75, 3.05) is 11.4 Å². The molecule has 0 bridgehead atoms. The van der Waals surface area contributed by atoms with Crippen molar-refractivity contribution in [2.24, 2.45) is 11.8 Å². The van der Waals surface area contributed by atoms with Crippen LogP contribution in [0.2, 0.25) is 0 Å². The number of benzene rings is 1. The van der Waals surface area contributed by atoms with Gasteiger partial charge in [-0.2, -0.15) is 0 Å². The summed E-state index contributed by atoms with van der Waals surface area (Å²) in [5.74, 6) is -3.49. The lowest BCUT2D eigenvalue weighted by Crippen LogP contribution is -2.51. The van der Waals surface area contributed by atoms with Crippen LogP contribution in [-0.2, 0) is 19.2 Å². The van der Waals surface area contributed by atoms with Gasteiger partial charge in [0.25, 0.3) is 0 Å². The van der Waals surface area contributed by atoms with E-state index in [1.54, 1.807) is 0 Å². The van der Waals surface area contributed by atoms with Crippen molar-refractivity contribution in [2.45, 2.75) is 45.7 Å². The quantitative estimate of drug-likeness (QED) is 0.601. The SMILES string of the molecule is CC(C)CC(NC(=O)C(C)NC(=O)C1CC(=O)N(c2ccc(F)cc2)C1)C(=O)O. The smallest absolute Gasteiger partial charge is 0.326 e. The molecule has 1 aromatic rings. The summed E-state index contributed by atoms with van der Waals surface area (Å²) in [5.41, 5.74) is 0.496. The summed E-state index contributed by atoms with van der Waals surface area (Å²) in [5, 5.41) is 14.2. The van der Waals surface area contributed by atoms with Gasteiger partial charge >= 0.3 is 5.97 Å². The van der Waals surface area contributed by atoms with Crippen molar-refractivity contribution in [3.8, 4) is 0 Å². The molecule has 29 heavy (non-hydrogen) atoms. The lowest BCUT2D eigenvalue weighted by molar-refractivity contribution is -0.142. The van der Waals surface area contributed by atoms with E-state index < -0.39 is 41.6 Å². The van der Waals surface area contributed by atoms with Crippen LogP contribution in [0.3, 0.4) is 0 Å². The van der Waals surface area contributed by atoms with Crippen molar-refractivity contribution in [1.82, 2.24) is 10.6 Å². The second kappa shape index (κ2) is 9.49. The fourth-order valence-corrected chi connectivity index (χ4v) is 3.14. The Morgan fingerprint density at radius 3 is 2.34 bits per heavy atom. The van der Waals surface area contributed by atoms with Gasteiger partial charge in [0, 0.05) is 18.7 Å². The Morgan fingerprint density at radius 1 is 1.17 bits per heavy atom. The summed E-state index contributed by atoms with van der Waals surface area (Å²) in [6.07, 6.45) is 0.244. The number of amides is 3. The highest BCUT2D eigenvalue weighted by Gasteiger charge is 2.36. The van der Waals surface area contributed by atoms with Crippen molar-refractivity contribution >= 4 is 29.4 Å². The minimum absolute atomic E-state index is 0.0251. The average molecular weight is 407 g/mol. The standard InChI is InChI=1S/C20H26FN3O5/c1-11(2)8-16(20(28)29)23-18(26)12(3)22-19(27)13-9-17(25)24(10-13)15-6-4-14(21)5-7-15/h4-7,11-13,16H,8-10H2,1-3H3,(H,22,27)(H,23,26)(H,28,29). The zero-order valence-electron chi connectivity index (χ0n) is 16.6. The summed E-state index contributed by atoms with van der Waals surface area (Å²) < 4.78 is 13.1. The molecule has 3 N–H and O–H groups in total. The molecule has 8 nitrogen and oxygen atoms in total. The Kier molecular flexibility index (Phi) is 7.30. The highest BCUT2D eigenvalue weighted by molar-refractivity contribution is 6.01. The minimum atomic E-state index is -1.14. The maximum atomic E-state index is 13.1. The third-order valence-electron chi connectivity index (χ3n) is 4.71. The van der Waals surface area contributed by atoms with Crippen LogP contribution in [0.5, 0.6) is 0 Å². The number of hydrogen-bond acceptors (Lipinski definition) is 4. The lowest BCUT2D eigenvalue weighted by atomic mass is 10.0. The van der Waals surface area contributed by atoms with Crippen molar-refractivity contribution in [3.05, 3.63) is 30.1 Å². The Labute approximate surface area is 168 Å². The first kappa shape index (κ1) is 22.3. The monoisotopic (exact) mass is 407 g/mol. The molecule has 0 radical (unpaired) electrons. The van der Waals surface area contributed by atoms with Gasteiger partial charge in [-0.25, -0.2) is 9.18 Å². The number of anilines is 1. The number of nitrogens with zero attached hydrogens (tertiary/aromatic N) is 1. The van der Waals surface area contributed by atoms with E-state index in [1.807, 2.05) is 13.8 Å². The van der Waals surface area contributed by atoms with Crippen molar-refractivity contribution in [1.29, 1.82) is 0 Å². The molecule has 0 aromatic heterocycles. The first-order valence-corrected chi connectivity index (χ1v) is 9.48. The van der Waals surface area contributed by atoms with E-state index in [2.05, 4.69) is 10.6 Å². The first-order valence-electron chi connectivity index (χ1n) is 9.48. The van der Waals surface area contributed by atoms with Crippen LogP contribution < -0.4 is 15.5 Å². The molecule has 0 spiro atoms. The molecule has 1 saturated heterocycles. The van der Waals surface area contributed by atoms with Crippen LogP contribution in [0, 0.1) is 17.7 Å². The molecule has 3 unspecified atom stereocenters. The number of nitrogens with one attached hydrogen (secondary N) is 2. The molecular formula is C20H26FN3O5. The molecule has 1 aromatic carbocycles. The second-order valence-corrected chi connectivity index (χ2v) is 7.64. The molecule has 1 aliphatic rings. The largest absolute Gasteiger partial charge is 0.480 e. The predicted molar refractivity (Wildman–Crippen MR) is 103 cm³/mol. The van der Waals surface area contributed by atoms with Crippen molar-refractivity contribution < 1.29 is 28.7 Å². The topological polar surface area (TPSA) is 116 Å². The number of carbonyl (C=O) groups is 4. The van der Waals surface area contributed by atoms with Gasteiger partial charge in [0.15, 0.2) is 0 Å². The van der Waals surface area contributed by atoms with Gasteiger partial charge in [0.05, 0.1) is 5.92 Å². The van der Waals surface area contributed by atoms with E-state index in [0.717, 1.165) is 0 Å². The van der Waals surface area contributed by atoms with E-state index in [0.29, 0.717) is 5.69 Å². The molecule has 3 atom stereocenters. The Balaban J connectivity index is 1.93. The van der Waals surface area contributed by atoms with Gasteiger partial charge < -0.3 is 20.6 Å². The number of carboxylic acids is 1. The highest BCUT2D eigenvalue weighted by atomic mass is 19.1. The summed E-state index contributed by atoms with van der Waals surface area (Å²) >= 11 is 0. The van der Waals surface area contributed by atoms with Gasteiger partial charge in [-0.1, -0.05) is 13.8 Å². The average Bonchev–Trinajstić information content (AvgIpc) is 3.03. The van der Waals surface area contributed by atoms with Gasteiger partial charge in [-0.3, -0.25) is 14.4 Å². The third-order valence-corrected chi connectivity index (χ3v) is 4.71. The fraction of sp³-hybridized carbons (Fsp3) is 0.500. The number of hydrogen-bond donors (Lipinski definition) is 3. The number of carbonyl (C=O) groups excluding carboxylic acids is 3. The number of aliphatic carboxylic acids is 1. The van der Waals surface area contributed by atoms with Gasteiger partial charge in [0.2, 0.25) is 17.7 Å². The molecule has 158 valence electrons. The van der Waals surface area contributed by atoms with E-state index in [1.165, 1.54) is 36.1 Å². The number of halogens is 1. The summed E-state index contributed by atoms with van der Waals surface area (Å²) in [7, 11) is 0. The maximum Gasteiger partial charge on any atom is 0.326 e. The molecule has 1 fully saturated rings. The van der Waals surface area contributed by atoms with Crippen LogP contribution in [-0.4, -0.2) is 47.4 Å². The predicted octanol–water partition coefficient (Wildman–Crippen LogP) is 1.30. The zero-order chi connectivity index (χ0) is 21.7. The summed E-state index contributed by atoms with van der Waals surface area (Å²) in [4.78, 5) is 49.7. The normalized spacial score (nSPS) is 18.4. The van der Waals surface area contributed by atoms with Gasteiger partial charge in [-0.15, -0.1) is 0 Å². The molecule has 2 rings (SSSR count). The Morgan fingerprint density at radius 2 is 1.79 bits per heavy atom.